The van der Waals surface area contributed by atoms with E-state index in [0.29, 0.717) is 0 Å². The molecule has 94 valence electrons. The number of aliphatic hydroxyl groups excluding tert-OH is 1. The third-order valence-electron chi connectivity index (χ3n) is 3.26. The molecule has 2 atom stereocenters. The highest BCUT2D eigenvalue weighted by atomic mass is 32.2. The zero-order chi connectivity index (χ0) is 11.9. The summed E-state index contributed by atoms with van der Waals surface area (Å²) in [6.45, 7) is 1.26. The maximum absolute atomic E-state index is 9.39. The lowest BCUT2D eigenvalue weighted by atomic mass is 10.0. The Hall–Kier alpha value is -0.510. The Balaban J connectivity index is 1.76. The molecular formula is C14H21NOS. The molecule has 2 N–H and O–H groups in total. The van der Waals surface area contributed by atoms with Gasteiger partial charge < -0.3 is 10.4 Å². The van der Waals surface area contributed by atoms with Gasteiger partial charge in [0.15, 0.2) is 0 Å². The van der Waals surface area contributed by atoms with Gasteiger partial charge in [-0.15, -0.1) is 0 Å². The highest BCUT2D eigenvalue weighted by Crippen LogP contribution is 2.22. The van der Waals surface area contributed by atoms with Crippen LogP contribution in [0, 0.1) is 5.92 Å². The molecule has 17 heavy (non-hydrogen) atoms. The lowest BCUT2D eigenvalue weighted by Gasteiger charge is -2.18. The Bertz CT molecular complexity index is 311. The van der Waals surface area contributed by atoms with E-state index in [1.54, 1.807) is 0 Å². The van der Waals surface area contributed by atoms with Crippen molar-refractivity contribution in [3.8, 4) is 0 Å². The van der Waals surface area contributed by atoms with Crippen LogP contribution in [0.4, 0.5) is 0 Å². The van der Waals surface area contributed by atoms with E-state index >= 15 is 0 Å². The van der Waals surface area contributed by atoms with Gasteiger partial charge in [-0.25, -0.2) is 0 Å². The van der Waals surface area contributed by atoms with Crippen molar-refractivity contribution in [1.82, 2.24) is 5.32 Å². The average Bonchev–Trinajstić information content (AvgIpc) is 2.89. The number of hydrogen-bond acceptors (Lipinski definition) is 3. The first-order valence-corrected chi connectivity index (χ1v) is 7.50. The van der Waals surface area contributed by atoms with Crippen molar-refractivity contribution in [1.29, 1.82) is 0 Å². The minimum atomic E-state index is 0.197. The lowest BCUT2D eigenvalue weighted by Crippen LogP contribution is -2.37. The van der Waals surface area contributed by atoms with Gasteiger partial charge in [0.2, 0.25) is 0 Å². The van der Waals surface area contributed by atoms with Crippen LogP contribution in [0.25, 0.3) is 0 Å². The fourth-order valence-electron chi connectivity index (χ4n) is 2.18. The van der Waals surface area contributed by atoms with E-state index in [1.165, 1.54) is 23.5 Å². The van der Waals surface area contributed by atoms with E-state index < -0.39 is 0 Å². The smallest absolute Gasteiger partial charge is 0.0587 e. The van der Waals surface area contributed by atoms with E-state index in [-0.39, 0.29) is 12.6 Å². The highest BCUT2D eigenvalue weighted by Gasteiger charge is 2.17. The van der Waals surface area contributed by atoms with Crippen LogP contribution in [0.15, 0.2) is 30.3 Å². The molecule has 2 rings (SSSR count). The van der Waals surface area contributed by atoms with Crippen molar-refractivity contribution < 1.29 is 5.11 Å². The molecule has 1 aliphatic heterocycles. The van der Waals surface area contributed by atoms with Gasteiger partial charge in [-0.05, 0) is 42.4 Å². The van der Waals surface area contributed by atoms with Crippen LogP contribution in [0.1, 0.15) is 12.0 Å². The van der Waals surface area contributed by atoms with Crippen LogP contribution in [0.5, 0.6) is 0 Å². The van der Waals surface area contributed by atoms with E-state index in [4.69, 9.17) is 0 Å². The van der Waals surface area contributed by atoms with Crippen molar-refractivity contribution in [2.75, 3.05) is 24.7 Å². The first-order valence-electron chi connectivity index (χ1n) is 6.34. The summed E-state index contributed by atoms with van der Waals surface area (Å²) in [6.07, 6.45) is 2.23. The number of benzene rings is 1. The molecule has 1 aromatic rings. The third kappa shape index (κ3) is 4.34. The predicted octanol–water partition coefficient (Wildman–Crippen LogP) is 1.93. The van der Waals surface area contributed by atoms with Crippen molar-refractivity contribution in [2.24, 2.45) is 5.92 Å². The molecule has 1 saturated heterocycles. The molecule has 1 fully saturated rings. The predicted molar refractivity (Wildman–Crippen MR) is 74.5 cm³/mol. The summed E-state index contributed by atoms with van der Waals surface area (Å²) in [5.41, 5.74) is 1.29. The van der Waals surface area contributed by atoms with Gasteiger partial charge in [0, 0.05) is 6.04 Å². The number of aliphatic hydroxyl groups is 1. The van der Waals surface area contributed by atoms with Gasteiger partial charge in [-0.1, -0.05) is 30.3 Å². The number of rotatable bonds is 6. The van der Waals surface area contributed by atoms with E-state index in [2.05, 4.69) is 29.6 Å². The summed E-state index contributed by atoms with van der Waals surface area (Å²) in [5.74, 6) is 3.37. The summed E-state index contributed by atoms with van der Waals surface area (Å²) < 4.78 is 0. The summed E-state index contributed by atoms with van der Waals surface area (Å²) in [5, 5.41) is 12.9. The molecule has 1 heterocycles. The monoisotopic (exact) mass is 251 g/mol. The van der Waals surface area contributed by atoms with Gasteiger partial charge in [0.1, 0.15) is 0 Å². The Kier molecular flexibility index (Phi) is 5.36. The molecule has 0 aliphatic carbocycles. The highest BCUT2D eigenvalue weighted by molar-refractivity contribution is 7.99. The fourth-order valence-corrected chi connectivity index (χ4v) is 3.46. The van der Waals surface area contributed by atoms with E-state index in [9.17, 15) is 5.11 Å². The van der Waals surface area contributed by atoms with Crippen LogP contribution in [-0.2, 0) is 6.42 Å². The topological polar surface area (TPSA) is 32.3 Å². The van der Waals surface area contributed by atoms with Gasteiger partial charge in [-0.3, -0.25) is 0 Å². The summed E-state index contributed by atoms with van der Waals surface area (Å²) in [7, 11) is 0. The normalized spacial score (nSPS) is 21.6. The standard InChI is InChI=1S/C14H21NOS/c16-10-14(8-12-4-2-1-3-5-12)15-9-13-6-7-17-11-13/h1-5,13-16H,6-11H2/t13?,14-/m0/s1. The number of thioether (sulfide) groups is 1. The zero-order valence-corrected chi connectivity index (χ0v) is 11.0. The Labute approximate surface area is 108 Å². The van der Waals surface area contributed by atoms with Crippen LogP contribution in [0.2, 0.25) is 0 Å². The minimum absolute atomic E-state index is 0.197. The molecule has 0 radical (unpaired) electrons. The second-order valence-corrected chi connectivity index (χ2v) is 5.86. The van der Waals surface area contributed by atoms with Crippen molar-refractivity contribution >= 4 is 11.8 Å². The molecule has 0 amide bonds. The maximum atomic E-state index is 9.39. The molecule has 1 unspecified atom stereocenters. The number of nitrogens with one attached hydrogen (secondary N) is 1. The Morgan fingerprint density at radius 1 is 1.35 bits per heavy atom. The summed E-state index contributed by atoms with van der Waals surface area (Å²) in [4.78, 5) is 0. The molecule has 0 saturated carbocycles. The van der Waals surface area contributed by atoms with Crippen LogP contribution >= 0.6 is 11.8 Å². The lowest BCUT2D eigenvalue weighted by molar-refractivity contribution is 0.237. The van der Waals surface area contributed by atoms with Crippen molar-refractivity contribution in [3.63, 3.8) is 0 Å². The van der Waals surface area contributed by atoms with Gasteiger partial charge in [-0.2, -0.15) is 11.8 Å². The first-order chi connectivity index (χ1) is 8.38. The summed E-state index contributed by atoms with van der Waals surface area (Å²) >= 11 is 2.04. The van der Waals surface area contributed by atoms with E-state index in [0.717, 1.165) is 18.9 Å². The Morgan fingerprint density at radius 3 is 2.82 bits per heavy atom. The van der Waals surface area contributed by atoms with Crippen LogP contribution < -0.4 is 5.32 Å². The average molecular weight is 251 g/mol. The van der Waals surface area contributed by atoms with Gasteiger partial charge >= 0.3 is 0 Å². The molecule has 1 aliphatic rings. The molecule has 3 heteroatoms. The molecule has 0 aromatic heterocycles. The second-order valence-electron chi connectivity index (χ2n) is 4.71. The molecule has 0 spiro atoms. The molecule has 2 nitrogen and oxygen atoms in total. The zero-order valence-electron chi connectivity index (χ0n) is 10.1. The van der Waals surface area contributed by atoms with Crippen molar-refractivity contribution in [3.05, 3.63) is 35.9 Å². The molecule has 0 bridgehead atoms. The fraction of sp³-hybridized carbons (Fsp3) is 0.571. The van der Waals surface area contributed by atoms with Crippen LogP contribution in [0.3, 0.4) is 0 Å². The Morgan fingerprint density at radius 2 is 2.18 bits per heavy atom. The van der Waals surface area contributed by atoms with Crippen molar-refractivity contribution in [2.45, 2.75) is 18.9 Å². The van der Waals surface area contributed by atoms with Crippen LogP contribution in [-0.4, -0.2) is 35.8 Å². The summed E-state index contributed by atoms with van der Waals surface area (Å²) in [6, 6.07) is 10.6. The first kappa shape index (κ1) is 12.9. The van der Waals surface area contributed by atoms with Gasteiger partial charge in [0.25, 0.3) is 0 Å². The largest absolute Gasteiger partial charge is 0.395 e. The molecular weight excluding hydrogens is 230 g/mol. The quantitative estimate of drug-likeness (QED) is 0.810. The third-order valence-corrected chi connectivity index (χ3v) is 4.50. The number of hydrogen-bond donors (Lipinski definition) is 2. The SMILES string of the molecule is OC[C@H](Cc1ccccc1)NCC1CCSC1. The minimum Gasteiger partial charge on any atom is -0.395 e. The maximum Gasteiger partial charge on any atom is 0.0587 e. The van der Waals surface area contributed by atoms with E-state index in [1.807, 2.05) is 17.8 Å². The molecule has 1 aromatic carbocycles. The van der Waals surface area contributed by atoms with Gasteiger partial charge in [0.05, 0.1) is 6.61 Å². The second kappa shape index (κ2) is 7.04.